The van der Waals surface area contributed by atoms with Crippen LogP contribution in [0.25, 0.3) is 23.0 Å². The minimum Gasteiger partial charge on any atom is -0.378 e. The smallest absolute Gasteiger partial charge is 0.256 e. The molecule has 1 aromatic heterocycles. The van der Waals surface area contributed by atoms with Crippen LogP contribution in [0.15, 0.2) is 97.2 Å². The van der Waals surface area contributed by atoms with E-state index in [9.17, 15) is 9.59 Å². The second-order valence-electron chi connectivity index (χ2n) is 8.35. The van der Waals surface area contributed by atoms with Crippen LogP contribution in [0.3, 0.4) is 0 Å². The van der Waals surface area contributed by atoms with Gasteiger partial charge in [-0.3, -0.25) is 9.59 Å². The number of para-hydroxylation sites is 2. The summed E-state index contributed by atoms with van der Waals surface area (Å²) in [6.07, 6.45) is 5.11. The third-order valence-electron chi connectivity index (χ3n) is 5.94. The van der Waals surface area contributed by atoms with Crippen molar-refractivity contribution in [3.8, 4) is 16.9 Å². The second-order valence-corrected chi connectivity index (χ2v) is 8.35. The van der Waals surface area contributed by atoms with Gasteiger partial charge in [0.25, 0.3) is 5.91 Å². The minimum atomic E-state index is -0.330. The number of hydrogen-bond donors (Lipinski definition) is 1. The van der Waals surface area contributed by atoms with E-state index >= 15 is 0 Å². The predicted octanol–water partition coefficient (Wildman–Crippen LogP) is 4.66. The van der Waals surface area contributed by atoms with E-state index in [0.717, 1.165) is 22.5 Å². The molecule has 4 aromatic rings. The molecule has 3 aromatic carbocycles. The van der Waals surface area contributed by atoms with Gasteiger partial charge in [0.05, 0.1) is 35.8 Å². The lowest BCUT2D eigenvalue weighted by atomic mass is 10.1. The first-order valence-electron chi connectivity index (χ1n) is 11.8. The number of anilines is 1. The molecule has 0 unspecified atom stereocenters. The molecule has 0 bridgehead atoms. The Morgan fingerprint density at radius 2 is 1.53 bits per heavy atom. The third-order valence-corrected chi connectivity index (χ3v) is 5.94. The average molecular weight is 479 g/mol. The van der Waals surface area contributed by atoms with Crippen molar-refractivity contribution in [2.75, 3.05) is 31.6 Å². The molecule has 2 amide bonds. The van der Waals surface area contributed by atoms with Crippen LogP contribution in [0.2, 0.25) is 0 Å². The van der Waals surface area contributed by atoms with Gasteiger partial charge in [0, 0.05) is 36.5 Å². The molecule has 1 N–H and O–H groups in total. The lowest BCUT2D eigenvalue weighted by Gasteiger charge is -2.27. The van der Waals surface area contributed by atoms with Gasteiger partial charge >= 0.3 is 0 Å². The van der Waals surface area contributed by atoms with Crippen molar-refractivity contribution in [2.45, 2.75) is 0 Å². The summed E-state index contributed by atoms with van der Waals surface area (Å²) in [7, 11) is 0. The largest absolute Gasteiger partial charge is 0.378 e. The Morgan fingerprint density at radius 1 is 0.861 bits per heavy atom. The lowest BCUT2D eigenvalue weighted by molar-refractivity contribution is -0.111. The third kappa shape index (κ3) is 5.26. The molecular weight excluding hydrogens is 452 g/mol. The standard InChI is InChI=1S/C29H26N4O3/c34-27(30-26-14-8-7-13-25(26)29(35)32-17-19-36-20-18-32)16-15-23-21-33(24-11-5-2-6-12-24)31-28(23)22-9-3-1-4-10-22/h1-16,21H,17-20H2,(H,30,34). The Labute approximate surface area is 209 Å². The number of carbonyl (C=O) groups is 2. The number of hydrogen-bond acceptors (Lipinski definition) is 4. The summed E-state index contributed by atoms with van der Waals surface area (Å²) in [5.74, 6) is -0.447. The zero-order valence-electron chi connectivity index (χ0n) is 19.7. The van der Waals surface area contributed by atoms with E-state index in [1.807, 2.05) is 66.9 Å². The van der Waals surface area contributed by atoms with E-state index in [1.54, 1.807) is 39.9 Å². The molecule has 0 aliphatic carbocycles. The fourth-order valence-corrected chi connectivity index (χ4v) is 4.10. The molecule has 180 valence electrons. The average Bonchev–Trinajstić information content (AvgIpc) is 3.38. The number of ether oxygens (including phenoxy) is 1. The van der Waals surface area contributed by atoms with E-state index in [2.05, 4.69) is 5.32 Å². The van der Waals surface area contributed by atoms with Gasteiger partial charge in [-0.2, -0.15) is 5.10 Å². The SMILES string of the molecule is O=C(C=Cc1cn(-c2ccccc2)nc1-c1ccccc1)Nc1ccccc1C(=O)N1CCOCC1. The summed E-state index contributed by atoms with van der Waals surface area (Å²) in [4.78, 5) is 27.6. The predicted molar refractivity (Wildman–Crippen MR) is 140 cm³/mol. The van der Waals surface area contributed by atoms with Crippen LogP contribution in [-0.2, 0) is 9.53 Å². The minimum absolute atomic E-state index is 0.117. The molecule has 1 aliphatic heterocycles. The first kappa shape index (κ1) is 23.3. The fourth-order valence-electron chi connectivity index (χ4n) is 4.10. The Balaban J connectivity index is 1.39. The molecule has 0 atom stereocenters. The van der Waals surface area contributed by atoms with Gasteiger partial charge in [-0.05, 0) is 30.3 Å². The Morgan fingerprint density at radius 3 is 2.28 bits per heavy atom. The van der Waals surface area contributed by atoms with Crippen molar-refractivity contribution in [3.05, 3.63) is 108 Å². The van der Waals surface area contributed by atoms with Gasteiger partial charge < -0.3 is 15.0 Å². The molecule has 1 saturated heterocycles. The van der Waals surface area contributed by atoms with E-state index in [0.29, 0.717) is 37.6 Å². The molecular formula is C29H26N4O3. The summed E-state index contributed by atoms with van der Waals surface area (Å²) in [5.41, 5.74) is 4.39. The first-order chi connectivity index (χ1) is 17.7. The van der Waals surface area contributed by atoms with Crippen LogP contribution in [0.5, 0.6) is 0 Å². The summed E-state index contributed by atoms with van der Waals surface area (Å²) < 4.78 is 7.15. The normalized spacial score (nSPS) is 13.6. The molecule has 0 spiro atoms. The van der Waals surface area contributed by atoms with Gasteiger partial charge in [0.2, 0.25) is 5.91 Å². The number of nitrogens with zero attached hydrogens (tertiary/aromatic N) is 3. The van der Waals surface area contributed by atoms with E-state index in [-0.39, 0.29) is 11.8 Å². The topological polar surface area (TPSA) is 76.5 Å². The maximum absolute atomic E-state index is 13.0. The fraction of sp³-hybridized carbons (Fsp3) is 0.138. The highest BCUT2D eigenvalue weighted by Crippen LogP contribution is 2.25. The van der Waals surface area contributed by atoms with E-state index < -0.39 is 0 Å². The van der Waals surface area contributed by atoms with E-state index in [4.69, 9.17) is 9.84 Å². The lowest BCUT2D eigenvalue weighted by Crippen LogP contribution is -2.41. The highest BCUT2D eigenvalue weighted by Gasteiger charge is 2.21. The number of carbonyl (C=O) groups excluding carboxylic acids is 2. The molecule has 1 aliphatic rings. The first-order valence-corrected chi connectivity index (χ1v) is 11.8. The van der Waals surface area contributed by atoms with Crippen molar-refractivity contribution in [1.29, 1.82) is 0 Å². The number of morpholine rings is 1. The summed E-state index contributed by atoms with van der Waals surface area (Å²) in [6, 6.07) is 26.7. The van der Waals surface area contributed by atoms with Crippen molar-refractivity contribution in [1.82, 2.24) is 14.7 Å². The van der Waals surface area contributed by atoms with Crippen molar-refractivity contribution in [3.63, 3.8) is 0 Å². The second kappa shape index (κ2) is 10.8. The Hall–Kier alpha value is -4.49. The number of benzene rings is 3. The highest BCUT2D eigenvalue weighted by atomic mass is 16.5. The molecule has 1 fully saturated rings. The van der Waals surface area contributed by atoms with Crippen LogP contribution in [0, 0.1) is 0 Å². The molecule has 7 nitrogen and oxygen atoms in total. The van der Waals surface area contributed by atoms with Crippen molar-refractivity contribution in [2.24, 2.45) is 0 Å². The summed E-state index contributed by atoms with van der Waals surface area (Å²) in [6.45, 7) is 2.11. The zero-order valence-corrected chi connectivity index (χ0v) is 19.7. The maximum atomic E-state index is 13.0. The van der Waals surface area contributed by atoms with Crippen LogP contribution < -0.4 is 5.32 Å². The monoisotopic (exact) mass is 478 g/mol. The molecule has 0 saturated carbocycles. The van der Waals surface area contributed by atoms with Crippen LogP contribution in [0.4, 0.5) is 5.69 Å². The molecule has 0 radical (unpaired) electrons. The highest BCUT2D eigenvalue weighted by molar-refractivity contribution is 6.07. The maximum Gasteiger partial charge on any atom is 0.256 e. The molecule has 2 heterocycles. The number of nitrogens with one attached hydrogen (secondary N) is 1. The van der Waals surface area contributed by atoms with Crippen LogP contribution >= 0.6 is 0 Å². The van der Waals surface area contributed by atoms with Crippen LogP contribution in [0.1, 0.15) is 15.9 Å². The summed E-state index contributed by atoms with van der Waals surface area (Å²) in [5, 5.41) is 7.64. The van der Waals surface area contributed by atoms with Gasteiger partial charge in [-0.1, -0.05) is 60.7 Å². The quantitative estimate of drug-likeness (QED) is 0.409. The van der Waals surface area contributed by atoms with E-state index in [1.165, 1.54) is 6.08 Å². The van der Waals surface area contributed by atoms with Gasteiger partial charge in [0.15, 0.2) is 0 Å². The number of aromatic nitrogens is 2. The Kier molecular flexibility index (Phi) is 7.00. The molecule has 5 rings (SSSR count). The van der Waals surface area contributed by atoms with Crippen molar-refractivity contribution >= 4 is 23.6 Å². The zero-order chi connectivity index (χ0) is 24.7. The van der Waals surface area contributed by atoms with Gasteiger partial charge in [-0.15, -0.1) is 0 Å². The molecule has 7 heteroatoms. The van der Waals surface area contributed by atoms with Crippen LogP contribution in [-0.4, -0.2) is 52.8 Å². The van der Waals surface area contributed by atoms with Crippen molar-refractivity contribution < 1.29 is 14.3 Å². The summed E-state index contributed by atoms with van der Waals surface area (Å²) >= 11 is 0. The Bertz CT molecular complexity index is 1370. The molecule has 36 heavy (non-hydrogen) atoms. The number of amides is 2. The number of rotatable bonds is 6. The van der Waals surface area contributed by atoms with Gasteiger partial charge in [0.1, 0.15) is 0 Å². The van der Waals surface area contributed by atoms with Gasteiger partial charge in [-0.25, -0.2) is 4.68 Å².